The number of oxazole rings is 1. The summed E-state index contributed by atoms with van der Waals surface area (Å²) < 4.78 is 5.77. The third-order valence-electron chi connectivity index (χ3n) is 4.46. The minimum Gasteiger partial charge on any atom is -0.424 e. The van der Waals surface area contributed by atoms with Gasteiger partial charge >= 0.3 is 0 Å². The number of rotatable bonds is 2. The molecule has 0 radical (unpaired) electrons. The monoisotopic (exact) mass is 257 g/mol. The largest absolute Gasteiger partial charge is 0.424 e. The van der Waals surface area contributed by atoms with Crippen LogP contribution in [0.5, 0.6) is 0 Å². The summed E-state index contributed by atoms with van der Waals surface area (Å²) in [6.07, 6.45) is 5.21. The van der Waals surface area contributed by atoms with Crippen molar-refractivity contribution >= 4 is 17.1 Å². The number of hydrogen-bond acceptors (Lipinski definition) is 4. The van der Waals surface area contributed by atoms with Crippen LogP contribution >= 0.6 is 0 Å². The second kappa shape index (κ2) is 4.53. The number of benzene rings is 1. The molecule has 0 saturated carbocycles. The van der Waals surface area contributed by atoms with Crippen molar-refractivity contribution in [3.63, 3.8) is 0 Å². The Hall–Kier alpha value is -1.55. The SMILES string of the molecule is c1ccc2oc(NC3CCN4CCCCC34)nc2c1. The fraction of sp³-hybridized carbons (Fsp3) is 0.533. The van der Waals surface area contributed by atoms with Crippen LogP contribution in [0.15, 0.2) is 28.7 Å². The minimum absolute atomic E-state index is 0.494. The Morgan fingerprint density at radius 2 is 2.11 bits per heavy atom. The predicted molar refractivity (Wildman–Crippen MR) is 75.2 cm³/mol. The lowest BCUT2D eigenvalue weighted by Gasteiger charge is -2.32. The molecule has 1 aromatic carbocycles. The van der Waals surface area contributed by atoms with E-state index < -0.39 is 0 Å². The number of fused-ring (bicyclic) bond motifs is 2. The maximum atomic E-state index is 5.77. The second-order valence-corrected chi connectivity index (χ2v) is 5.63. The first-order valence-corrected chi connectivity index (χ1v) is 7.26. The van der Waals surface area contributed by atoms with Crippen molar-refractivity contribution in [1.82, 2.24) is 9.88 Å². The highest BCUT2D eigenvalue weighted by molar-refractivity contribution is 5.74. The lowest BCUT2D eigenvalue weighted by Crippen LogP contribution is -2.41. The zero-order valence-corrected chi connectivity index (χ0v) is 11.0. The third-order valence-corrected chi connectivity index (χ3v) is 4.46. The Bertz CT molecular complexity index is 547. The molecule has 2 aliphatic heterocycles. The van der Waals surface area contributed by atoms with Crippen LogP contribution in [0.3, 0.4) is 0 Å². The Balaban J connectivity index is 1.54. The van der Waals surface area contributed by atoms with Gasteiger partial charge in [0.15, 0.2) is 5.58 Å². The Labute approximate surface area is 112 Å². The highest BCUT2D eigenvalue weighted by atomic mass is 16.4. The van der Waals surface area contributed by atoms with Gasteiger partial charge in [0.2, 0.25) is 0 Å². The molecule has 2 aromatic rings. The van der Waals surface area contributed by atoms with Gasteiger partial charge in [0.25, 0.3) is 6.01 Å². The molecule has 2 aliphatic rings. The molecule has 4 nitrogen and oxygen atoms in total. The van der Waals surface area contributed by atoms with Crippen LogP contribution in [0.2, 0.25) is 0 Å². The van der Waals surface area contributed by atoms with Crippen LogP contribution in [0.25, 0.3) is 11.1 Å². The van der Waals surface area contributed by atoms with Gasteiger partial charge in [-0.3, -0.25) is 4.90 Å². The number of anilines is 1. The van der Waals surface area contributed by atoms with Crippen molar-refractivity contribution < 1.29 is 4.42 Å². The zero-order chi connectivity index (χ0) is 12.7. The van der Waals surface area contributed by atoms with Crippen LogP contribution in [0, 0.1) is 0 Å². The first kappa shape index (κ1) is 11.3. The van der Waals surface area contributed by atoms with Gasteiger partial charge in [-0.1, -0.05) is 18.6 Å². The van der Waals surface area contributed by atoms with Gasteiger partial charge in [0.05, 0.1) is 0 Å². The average molecular weight is 257 g/mol. The number of nitrogens with one attached hydrogen (secondary N) is 1. The van der Waals surface area contributed by atoms with Crippen LogP contribution in [0.4, 0.5) is 6.01 Å². The second-order valence-electron chi connectivity index (χ2n) is 5.63. The zero-order valence-electron chi connectivity index (χ0n) is 11.0. The van der Waals surface area contributed by atoms with E-state index in [1.54, 1.807) is 0 Å². The third kappa shape index (κ3) is 2.00. The summed E-state index contributed by atoms with van der Waals surface area (Å²) in [5.41, 5.74) is 1.80. The highest BCUT2D eigenvalue weighted by Gasteiger charge is 2.36. The topological polar surface area (TPSA) is 41.3 Å². The van der Waals surface area contributed by atoms with Gasteiger partial charge in [-0.05, 0) is 37.9 Å². The quantitative estimate of drug-likeness (QED) is 0.898. The number of aromatic nitrogens is 1. The first-order chi connectivity index (χ1) is 9.40. The molecule has 3 heterocycles. The number of nitrogens with zero attached hydrogens (tertiary/aromatic N) is 2. The van der Waals surface area contributed by atoms with Crippen molar-refractivity contribution in [3.8, 4) is 0 Å². The molecule has 0 bridgehead atoms. The molecule has 19 heavy (non-hydrogen) atoms. The number of para-hydroxylation sites is 2. The predicted octanol–water partition coefficient (Wildman–Crippen LogP) is 2.87. The summed E-state index contributed by atoms with van der Waals surface area (Å²) in [4.78, 5) is 7.13. The molecule has 2 atom stereocenters. The normalized spacial score (nSPS) is 27.6. The molecule has 0 spiro atoms. The summed E-state index contributed by atoms with van der Waals surface area (Å²) in [5.74, 6) is 0. The van der Waals surface area contributed by atoms with Crippen molar-refractivity contribution in [2.45, 2.75) is 37.8 Å². The maximum absolute atomic E-state index is 5.77. The van der Waals surface area contributed by atoms with E-state index in [0.717, 1.165) is 11.1 Å². The summed E-state index contributed by atoms with van der Waals surface area (Å²) in [5, 5.41) is 3.51. The Kier molecular flexibility index (Phi) is 2.69. The Morgan fingerprint density at radius 1 is 1.16 bits per heavy atom. The molecule has 0 amide bonds. The summed E-state index contributed by atoms with van der Waals surface area (Å²) in [6, 6.07) is 9.78. The standard InChI is InChI=1S/C15H19N3O/c1-2-7-14-12(5-1)17-15(19-14)16-11-8-10-18-9-4-3-6-13(11)18/h1-2,5,7,11,13H,3-4,6,8-10H2,(H,16,17). The van der Waals surface area contributed by atoms with E-state index in [2.05, 4.69) is 15.2 Å². The Morgan fingerprint density at radius 3 is 3.05 bits per heavy atom. The van der Waals surface area contributed by atoms with E-state index in [1.165, 1.54) is 38.8 Å². The summed E-state index contributed by atoms with van der Waals surface area (Å²) in [7, 11) is 0. The van der Waals surface area contributed by atoms with E-state index in [1.807, 2.05) is 24.3 Å². The first-order valence-electron chi connectivity index (χ1n) is 7.26. The van der Waals surface area contributed by atoms with Crippen molar-refractivity contribution in [3.05, 3.63) is 24.3 Å². The van der Waals surface area contributed by atoms with Gasteiger partial charge in [-0.2, -0.15) is 4.98 Å². The van der Waals surface area contributed by atoms with Gasteiger partial charge in [0, 0.05) is 18.6 Å². The molecule has 4 heteroatoms. The van der Waals surface area contributed by atoms with Gasteiger partial charge in [0.1, 0.15) is 5.52 Å². The highest BCUT2D eigenvalue weighted by Crippen LogP contribution is 2.29. The van der Waals surface area contributed by atoms with Crippen molar-refractivity contribution in [2.75, 3.05) is 18.4 Å². The summed E-state index contributed by atoms with van der Waals surface area (Å²) in [6.45, 7) is 2.47. The van der Waals surface area contributed by atoms with Gasteiger partial charge < -0.3 is 9.73 Å². The molecule has 2 unspecified atom stereocenters. The van der Waals surface area contributed by atoms with E-state index in [4.69, 9.17) is 4.42 Å². The number of hydrogen-bond donors (Lipinski definition) is 1. The van der Waals surface area contributed by atoms with E-state index in [0.29, 0.717) is 18.1 Å². The minimum atomic E-state index is 0.494. The van der Waals surface area contributed by atoms with Crippen LogP contribution in [0.1, 0.15) is 25.7 Å². The van der Waals surface area contributed by atoms with E-state index >= 15 is 0 Å². The maximum Gasteiger partial charge on any atom is 0.295 e. The molecule has 1 N–H and O–H groups in total. The van der Waals surface area contributed by atoms with Gasteiger partial charge in [-0.25, -0.2) is 0 Å². The molecule has 1 aromatic heterocycles. The van der Waals surface area contributed by atoms with E-state index in [9.17, 15) is 0 Å². The molecule has 4 rings (SSSR count). The molecule has 2 saturated heterocycles. The lowest BCUT2D eigenvalue weighted by molar-refractivity contribution is 0.192. The fourth-order valence-electron chi connectivity index (χ4n) is 3.51. The van der Waals surface area contributed by atoms with E-state index in [-0.39, 0.29) is 0 Å². The van der Waals surface area contributed by atoms with Crippen LogP contribution < -0.4 is 5.32 Å². The molecule has 100 valence electrons. The molecule has 0 aliphatic carbocycles. The molecular weight excluding hydrogens is 238 g/mol. The van der Waals surface area contributed by atoms with Crippen molar-refractivity contribution in [2.24, 2.45) is 0 Å². The van der Waals surface area contributed by atoms with Crippen molar-refractivity contribution in [1.29, 1.82) is 0 Å². The van der Waals surface area contributed by atoms with Gasteiger partial charge in [-0.15, -0.1) is 0 Å². The molecule has 2 fully saturated rings. The number of piperidine rings is 1. The lowest BCUT2D eigenvalue weighted by atomic mass is 9.99. The fourth-order valence-corrected chi connectivity index (χ4v) is 3.51. The van der Waals surface area contributed by atoms with Crippen LogP contribution in [-0.2, 0) is 0 Å². The summed E-state index contributed by atoms with van der Waals surface area (Å²) >= 11 is 0. The molecular formula is C15H19N3O. The average Bonchev–Trinajstić information content (AvgIpc) is 3.03. The smallest absolute Gasteiger partial charge is 0.295 e. The van der Waals surface area contributed by atoms with Crippen LogP contribution in [-0.4, -0.2) is 35.1 Å².